The zero-order valence-electron chi connectivity index (χ0n) is 9.51. The van der Waals surface area contributed by atoms with Crippen LogP contribution in [0.2, 0.25) is 0 Å². The van der Waals surface area contributed by atoms with Gasteiger partial charge in [0.25, 0.3) is 0 Å². The van der Waals surface area contributed by atoms with Crippen LogP contribution in [0.5, 0.6) is 0 Å². The first kappa shape index (κ1) is 10.6. The van der Waals surface area contributed by atoms with Gasteiger partial charge in [-0.2, -0.15) is 0 Å². The summed E-state index contributed by atoms with van der Waals surface area (Å²) in [4.78, 5) is 8.39. The number of nitrogens with zero attached hydrogens (tertiary/aromatic N) is 2. The zero-order chi connectivity index (χ0) is 11.5. The molecule has 3 heteroatoms. The molecule has 0 aliphatic carbocycles. The molecule has 0 aliphatic rings. The lowest BCUT2D eigenvalue weighted by atomic mass is 10.0. The van der Waals surface area contributed by atoms with Crippen molar-refractivity contribution in [3.8, 4) is 11.3 Å². The maximum Gasteiger partial charge on any atom is 0.0932 e. The highest BCUT2D eigenvalue weighted by atomic mass is 14.7. The lowest BCUT2D eigenvalue weighted by molar-refractivity contribution is 0.859. The minimum Gasteiger partial charge on any atom is -0.397 e. The first-order chi connectivity index (χ1) is 7.68. The third-order valence-corrected chi connectivity index (χ3v) is 2.56. The fourth-order valence-electron chi connectivity index (χ4n) is 1.57. The van der Waals surface area contributed by atoms with Crippen LogP contribution in [-0.4, -0.2) is 9.97 Å². The molecule has 0 aliphatic heterocycles. The van der Waals surface area contributed by atoms with Crippen molar-refractivity contribution in [2.75, 3.05) is 5.73 Å². The molecular weight excluding hydrogens is 198 g/mol. The molecule has 0 aromatic carbocycles. The van der Waals surface area contributed by atoms with Gasteiger partial charge in [-0.3, -0.25) is 9.97 Å². The van der Waals surface area contributed by atoms with Crippen molar-refractivity contribution in [2.24, 2.45) is 0 Å². The molecule has 16 heavy (non-hydrogen) atoms. The van der Waals surface area contributed by atoms with E-state index in [0.29, 0.717) is 5.92 Å². The number of hydrogen-bond acceptors (Lipinski definition) is 3. The second-order valence-corrected chi connectivity index (χ2v) is 4.10. The minimum absolute atomic E-state index is 0.446. The summed E-state index contributed by atoms with van der Waals surface area (Å²) in [5.74, 6) is 0.446. The molecule has 0 spiro atoms. The van der Waals surface area contributed by atoms with E-state index in [1.807, 2.05) is 24.4 Å². The van der Waals surface area contributed by atoms with E-state index in [9.17, 15) is 0 Å². The lowest BCUT2D eigenvalue weighted by Gasteiger charge is -2.09. The van der Waals surface area contributed by atoms with Crippen molar-refractivity contribution >= 4 is 5.69 Å². The van der Waals surface area contributed by atoms with Gasteiger partial charge in [-0.15, -0.1) is 0 Å². The smallest absolute Gasteiger partial charge is 0.0932 e. The van der Waals surface area contributed by atoms with Gasteiger partial charge in [-0.05, 0) is 29.7 Å². The molecule has 0 saturated heterocycles. The number of pyridine rings is 2. The number of hydrogen-bond donors (Lipinski definition) is 1. The number of anilines is 1. The predicted octanol–water partition coefficient (Wildman–Crippen LogP) is 2.85. The van der Waals surface area contributed by atoms with E-state index in [4.69, 9.17) is 5.73 Å². The van der Waals surface area contributed by atoms with Crippen LogP contribution in [-0.2, 0) is 0 Å². The molecule has 0 radical (unpaired) electrons. The summed E-state index contributed by atoms with van der Waals surface area (Å²) in [5.41, 5.74) is 9.72. The van der Waals surface area contributed by atoms with Crippen molar-refractivity contribution in [3.63, 3.8) is 0 Å². The van der Waals surface area contributed by atoms with Gasteiger partial charge in [0, 0.05) is 24.2 Å². The molecular formula is C13H15N3. The Kier molecular flexibility index (Phi) is 2.86. The molecule has 0 fully saturated rings. The normalized spacial score (nSPS) is 10.7. The monoisotopic (exact) mass is 213 g/mol. The summed E-state index contributed by atoms with van der Waals surface area (Å²) in [7, 11) is 0. The molecule has 0 saturated carbocycles. The van der Waals surface area contributed by atoms with Crippen LogP contribution in [0.4, 0.5) is 5.69 Å². The summed E-state index contributed by atoms with van der Waals surface area (Å²) in [5, 5.41) is 0. The van der Waals surface area contributed by atoms with Gasteiger partial charge in [0.05, 0.1) is 11.4 Å². The Labute approximate surface area is 95.4 Å². The van der Waals surface area contributed by atoms with E-state index in [-0.39, 0.29) is 0 Å². The Morgan fingerprint density at radius 3 is 2.44 bits per heavy atom. The Bertz CT molecular complexity index is 478. The molecule has 2 heterocycles. The van der Waals surface area contributed by atoms with Crippen molar-refractivity contribution in [2.45, 2.75) is 19.8 Å². The molecule has 2 rings (SSSR count). The zero-order valence-corrected chi connectivity index (χ0v) is 9.51. The van der Waals surface area contributed by atoms with Crippen molar-refractivity contribution < 1.29 is 0 Å². The van der Waals surface area contributed by atoms with Crippen molar-refractivity contribution in [3.05, 3.63) is 42.4 Å². The van der Waals surface area contributed by atoms with Gasteiger partial charge in [0.15, 0.2) is 0 Å². The van der Waals surface area contributed by atoms with Gasteiger partial charge in [-0.25, -0.2) is 0 Å². The first-order valence-corrected chi connectivity index (χ1v) is 5.34. The van der Waals surface area contributed by atoms with Crippen LogP contribution in [0.3, 0.4) is 0 Å². The van der Waals surface area contributed by atoms with Crippen molar-refractivity contribution in [1.29, 1.82) is 0 Å². The average molecular weight is 213 g/mol. The van der Waals surface area contributed by atoms with Gasteiger partial charge in [0.2, 0.25) is 0 Å². The molecule has 2 aromatic heterocycles. The number of rotatable bonds is 2. The maximum atomic E-state index is 6.01. The quantitative estimate of drug-likeness (QED) is 0.834. The van der Waals surface area contributed by atoms with Gasteiger partial charge in [0.1, 0.15) is 0 Å². The second-order valence-electron chi connectivity index (χ2n) is 4.10. The number of nitrogens with two attached hydrogens (primary N) is 1. The molecule has 2 aromatic rings. The largest absolute Gasteiger partial charge is 0.397 e. The SMILES string of the molecule is CC(C)c1cnc(-c2ccncc2)c(N)c1. The number of nitrogen functional groups attached to an aromatic ring is 1. The van der Waals surface area contributed by atoms with E-state index in [2.05, 4.69) is 23.8 Å². The second kappa shape index (κ2) is 4.31. The Morgan fingerprint density at radius 2 is 1.88 bits per heavy atom. The van der Waals surface area contributed by atoms with Gasteiger partial charge < -0.3 is 5.73 Å². The summed E-state index contributed by atoms with van der Waals surface area (Å²) in [6, 6.07) is 5.81. The van der Waals surface area contributed by atoms with E-state index in [0.717, 1.165) is 22.5 Å². The Balaban J connectivity index is 2.45. The topological polar surface area (TPSA) is 51.8 Å². The van der Waals surface area contributed by atoms with Crippen LogP contribution in [0.1, 0.15) is 25.3 Å². The van der Waals surface area contributed by atoms with E-state index >= 15 is 0 Å². The molecule has 3 nitrogen and oxygen atoms in total. The van der Waals surface area contributed by atoms with Crippen LogP contribution >= 0.6 is 0 Å². The molecule has 0 atom stereocenters. The van der Waals surface area contributed by atoms with E-state index in [1.54, 1.807) is 12.4 Å². The fourth-order valence-corrected chi connectivity index (χ4v) is 1.57. The Hall–Kier alpha value is -1.90. The molecule has 0 bridgehead atoms. The summed E-state index contributed by atoms with van der Waals surface area (Å²) in [6.07, 6.45) is 5.37. The summed E-state index contributed by atoms with van der Waals surface area (Å²) in [6.45, 7) is 4.26. The fraction of sp³-hybridized carbons (Fsp3) is 0.231. The third-order valence-electron chi connectivity index (χ3n) is 2.56. The minimum atomic E-state index is 0.446. The standard InChI is InChI=1S/C13H15N3/c1-9(2)11-7-12(14)13(16-8-11)10-3-5-15-6-4-10/h3-9H,14H2,1-2H3. The molecule has 82 valence electrons. The molecule has 0 unspecified atom stereocenters. The van der Waals surface area contributed by atoms with Crippen LogP contribution < -0.4 is 5.73 Å². The van der Waals surface area contributed by atoms with E-state index in [1.165, 1.54) is 0 Å². The maximum absolute atomic E-state index is 6.01. The average Bonchev–Trinajstić information content (AvgIpc) is 2.30. The highest BCUT2D eigenvalue weighted by molar-refractivity contribution is 5.72. The summed E-state index contributed by atoms with van der Waals surface area (Å²) >= 11 is 0. The highest BCUT2D eigenvalue weighted by Gasteiger charge is 2.06. The first-order valence-electron chi connectivity index (χ1n) is 5.34. The molecule has 0 amide bonds. The van der Waals surface area contributed by atoms with Crippen LogP contribution in [0, 0.1) is 0 Å². The van der Waals surface area contributed by atoms with Gasteiger partial charge >= 0.3 is 0 Å². The van der Waals surface area contributed by atoms with Crippen LogP contribution in [0.25, 0.3) is 11.3 Å². The third kappa shape index (κ3) is 2.03. The van der Waals surface area contributed by atoms with E-state index < -0.39 is 0 Å². The number of aromatic nitrogens is 2. The molecule has 2 N–H and O–H groups in total. The van der Waals surface area contributed by atoms with Crippen molar-refractivity contribution in [1.82, 2.24) is 9.97 Å². The summed E-state index contributed by atoms with van der Waals surface area (Å²) < 4.78 is 0. The van der Waals surface area contributed by atoms with Gasteiger partial charge in [-0.1, -0.05) is 13.8 Å². The predicted molar refractivity (Wildman–Crippen MR) is 66.0 cm³/mol. The van der Waals surface area contributed by atoms with Crippen LogP contribution in [0.15, 0.2) is 36.8 Å². The lowest BCUT2D eigenvalue weighted by Crippen LogP contribution is -1.97. The highest BCUT2D eigenvalue weighted by Crippen LogP contribution is 2.25. The Morgan fingerprint density at radius 1 is 1.19 bits per heavy atom.